The summed E-state index contributed by atoms with van der Waals surface area (Å²) in [5.41, 5.74) is 3.94. The van der Waals surface area contributed by atoms with Gasteiger partial charge in [-0.15, -0.1) is 0 Å². The quantitative estimate of drug-likeness (QED) is 0.409. The number of aromatic nitrogens is 2. The van der Waals surface area contributed by atoms with Crippen molar-refractivity contribution in [1.82, 2.24) is 14.9 Å². The summed E-state index contributed by atoms with van der Waals surface area (Å²) in [7, 11) is 3.30. The molecule has 7 heteroatoms. The summed E-state index contributed by atoms with van der Waals surface area (Å²) in [4.78, 5) is 6.76. The van der Waals surface area contributed by atoms with Crippen LogP contribution in [0.2, 0.25) is 0 Å². The van der Waals surface area contributed by atoms with Crippen LogP contribution in [0.1, 0.15) is 23.5 Å². The highest BCUT2D eigenvalue weighted by atomic mass is 32.1. The smallest absolute Gasteiger partial charge is 0.174 e. The van der Waals surface area contributed by atoms with Gasteiger partial charge in [-0.25, -0.2) is 0 Å². The van der Waals surface area contributed by atoms with Gasteiger partial charge in [0, 0.05) is 29.8 Å². The van der Waals surface area contributed by atoms with Crippen molar-refractivity contribution in [2.75, 3.05) is 19.1 Å². The number of benzene rings is 2. The van der Waals surface area contributed by atoms with E-state index in [1.807, 2.05) is 60.8 Å². The molecule has 1 fully saturated rings. The topological polar surface area (TPSA) is 51.5 Å². The molecule has 0 bridgehead atoms. The van der Waals surface area contributed by atoms with Gasteiger partial charge in [-0.1, -0.05) is 24.3 Å². The number of hydrogen-bond donors (Lipinski definition) is 1. The van der Waals surface area contributed by atoms with Crippen LogP contribution in [0.15, 0.2) is 91.3 Å². The monoisotopic (exact) mass is 456 g/mol. The summed E-state index contributed by atoms with van der Waals surface area (Å²) in [5.74, 6) is 1.40. The summed E-state index contributed by atoms with van der Waals surface area (Å²) in [6, 6.07) is 25.9. The van der Waals surface area contributed by atoms with Crippen LogP contribution in [0.3, 0.4) is 0 Å². The second-order valence-corrected chi connectivity index (χ2v) is 8.06. The number of thiocarbonyl (C=S) groups is 1. The van der Waals surface area contributed by atoms with Crippen molar-refractivity contribution in [3.63, 3.8) is 0 Å². The Bertz CT molecular complexity index is 1260. The zero-order valence-electron chi connectivity index (χ0n) is 18.4. The lowest BCUT2D eigenvalue weighted by atomic mass is 10.0. The Kier molecular flexibility index (Phi) is 5.71. The van der Waals surface area contributed by atoms with Crippen LogP contribution in [0.25, 0.3) is 5.69 Å². The zero-order chi connectivity index (χ0) is 22.8. The molecule has 2 aromatic carbocycles. The van der Waals surface area contributed by atoms with Crippen molar-refractivity contribution in [1.29, 1.82) is 0 Å². The summed E-state index contributed by atoms with van der Waals surface area (Å²) < 4.78 is 13.3. The van der Waals surface area contributed by atoms with Gasteiger partial charge < -0.3 is 24.3 Å². The Morgan fingerprint density at radius 3 is 2.45 bits per heavy atom. The third-order valence-corrected chi connectivity index (χ3v) is 6.18. The van der Waals surface area contributed by atoms with Crippen LogP contribution in [0.5, 0.6) is 11.5 Å². The maximum Gasteiger partial charge on any atom is 0.174 e. The summed E-state index contributed by atoms with van der Waals surface area (Å²) in [6.45, 7) is 0. The predicted octanol–water partition coefficient (Wildman–Crippen LogP) is 5.07. The van der Waals surface area contributed by atoms with E-state index in [0.29, 0.717) is 10.9 Å². The Hall–Kier alpha value is -3.84. The Labute approximate surface area is 198 Å². The number of rotatable bonds is 6. The number of para-hydroxylation sites is 1. The van der Waals surface area contributed by atoms with E-state index < -0.39 is 0 Å². The van der Waals surface area contributed by atoms with Gasteiger partial charge >= 0.3 is 0 Å². The van der Waals surface area contributed by atoms with Crippen molar-refractivity contribution < 1.29 is 9.47 Å². The number of nitrogens with zero attached hydrogens (tertiary/aromatic N) is 3. The van der Waals surface area contributed by atoms with Crippen LogP contribution >= 0.6 is 12.2 Å². The molecule has 1 N–H and O–H groups in total. The van der Waals surface area contributed by atoms with Gasteiger partial charge in [-0.2, -0.15) is 0 Å². The summed E-state index contributed by atoms with van der Waals surface area (Å²) in [6.07, 6.45) is 3.88. The minimum Gasteiger partial charge on any atom is -0.497 e. The van der Waals surface area contributed by atoms with Gasteiger partial charge in [-0.05, 0) is 60.7 Å². The van der Waals surface area contributed by atoms with Gasteiger partial charge in [0.2, 0.25) is 0 Å². The van der Waals surface area contributed by atoms with E-state index in [1.54, 1.807) is 14.2 Å². The first kappa shape index (κ1) is 21.0. The molecule has 0 spiro atoms. The fourth-order valence-electron chi connectivity index (χ4n) is 4.36. The van der Waals surface area contributed by atoms with Crippen molar-refractivity contribution in [2.24, 2.45) is 0 Å². The molecular formula is C26H24N4O2S. The molecule has 2 atom stereocenters. The first-order chi connectivity index (χ1) is 16.2. The number of ether oxygens (including phenoxy) is 2. The fraction of sp³-hybridized carbons (Fsp3) is 0.154. The number of hydrogen-bond acceptors (Lipinski definition) is 4. The summed E-state index contributed by atoms with van der Waals surface area (Å²) >= 11 is 5.87. The highest BCUT2D eigenvalue weighted by Gasteiger charge is 2.43. The van der Waals surface area contributed by atoms with Crippen LogP contribution in [-0.4, -0.2) is 28.9 Å². The van der Waals surface area contributed by atoms with Gasteiger partial charge in [0.15, 0.2) is 5.11 Å². The highest BCUT2D eigenvalue weighted by molar-refractivity contribution is 7.80. The largest absolute Gasteiger partial charge is 0.497 e. The van der Waals surface area contributed by atoms with E-state index in [9.17, 15) is 0 Å². The third-order valence-electron chi connectivity index (χ3n) is 5.86. The van der Waals surface area contributed by atoms with Crippen molar-refractivity contribution in [3.05, 3.63) is 103 Å². The molecule has 0 amide bonds. The third kappa shape index (κ3) is 3.81. The van der Waals surface area contributed by atoms with Crippen molar-refractivity contribution in [3.8, 4) is 17.2 Å². The molecule has 33 heavy (non-hydrogen) atoms. The molecule has 5 rings (SSSR count). The molecule has 2 aromatic heterocycles. The first-order valence-electron chi connectivity index (χ1n) is 10.7. The molecule has 1 aliphatic heterocycles. The van der Waals surface area contributed by atoms with Crippen molar-refractivity contribution >= 4 is 23.0 Å². The Balaban J connectivity index is 1.69. The number of methoxy groups -OCH3 is 2. The average molecular weight is 457 g/mol. The van der Waals surface area contributed by atoms with Gasteiger partial charge in [-0.3, -0.25) is 4.98 Å². The van der Waals surface area contributed by atoms with E-state index in [2.05, 4.69) is 50.2 Å². The van der Waals surface area contributed by atoms with Crippen LogP contribution in [-0.2, 0) is 0 Å². The molecule has 0 radical (unpaired) electrons. The van der Waals surface area contributed by atoms with Crippen LogP contribution < -0.4 is 19.7 Å². The SMILES string of the molecule is COc1ccc(N2C(=S)N[C@@H](c3ccccn3)[C@H]2c2cccn2-c2ccccc2)c(OC)c1. The standard InChI is InChI=1S/C26H24N4O2S/c1-31-19-13-14-21(23(17-19)32-2)30-25(24(28-26(30)33)20-11-6-7-15-27-20)22-12-8-16-29(22)18-9-4-3-5-10-18/h3-17,24-25H,1-2H3,(H,28,33)/t24-,25+/m0/s1. The molecule has 1 saturated heterocycles. The highest BCUT2D eigenvalue weighted by Crippen LogP contribution is 2.45. The predicted molar refractivity (Wildman–Crippen MR) is 133 cm³/mol. The van der Waals surface area contributed by atoms with E-state index in [4.69, 9.17) is 21.7 Å². The van der Waals surface area contributed by atoms with E-state index in [0.717, 1.165) is 28.5 Å². The molecule has 0 saturated carbocycles. The molecule has 3 heterocycles. The normalized spacial score (nSPS) is 17.6. The van der Waals surface area contributed by atoms with E-state index >= 15 is 0 Å². The lowest BCUT2D eigenvalue weighted by Crippen LogP contribution is -2.30. The molecule has 4 aromatic rings. The van der Waals surface area contributed by atoms with E-state index in [1.165, 1.54) is 0 Å². The van der Waals surface area contributed by atoms with Crippen molar-refractivity contribution in [2.45, 2.75) is 12.1 Å². The van der Waals surface area contributed by atoms with Crippen LogP contribution in [0, 0.1) is 0 Å². The minimum atomic E-state index is -0.162. The second kappa shape index (κ2) is 8.96. The van der Waals surface area contributed by atoms with Crippen LogP contribution in [0.4, 0.5) is 5.69 Å². The molecule has 0 unspecified atom stereocenters. The second-order valence-electron chi connectivity index (χ2n) is 7.67. The molecule has 1 aliphatic rings. The Morgan fingerprint density at radius 1 is 0.909 bits per heavy atom. The number of anilines is 1. The van der Waals surface area contributed by atoms with Gasteiger partial charge in [0.25, 0.3) is 0 Å². The number of nitrogens with one attached hydrogen (secondary N) is 1. The maximum atomic E-state index is 5.87. The number of pyridine rings is 1. The maximum absolute atomic E-state index is 5.87. The lowest BCUT2D eigenvalue weighted by molar-refractivity contribution is 0.394. The minimum absolute atomic E-state index is 0.150. The molecule has 6 nitrogen and oxygen atoms in total. The summed E-state index contributed by atoms with van der Waals surface area (Å²) in [5, 5.41) is 4.12. The Morgan fingerprint density at radius 2 is 1.73 bits per heavy atom. The van der Waals surface area contributed by atoms with Gasteiger partial charge in [0.1, 0.15) is 17.5 Å². The molecule has 0 aliphatic carbocycles. The zero-order valence-corrected chi connectivity index (χ0v) is 19.2. The van der Waals surface area contributed by atoms with Gasteiger partial charge in [0.05, 0.1) is 31.6 Å². The fourth-order valence-corrected chi connectivity index (χ4v) is 4.70. The molecule has 166 valence electrons. The first-order valence-corrected chi connectivity index (χ1v) is 11.1. The average Bonchev–Trinajstić information content (AvgIpc) is 3.49. The lowest BCUT2D eigenvalue weighted by Gasteiger charge is -2.30. The van der Waals surface area contributed by atoms with E-state index in [-0.39, 0.29) is 12.1 Å². The molecular weight excluding hydrogens is 432 g/mol.